The highest BCUT2D eigenvalue weighted by Crippen LogP contribution is 2.36. The van der Waals surface area contributed by atoms with Crippen molar-refractivity contribution < 1.29 is 13.7 Å². The Hall–Kier alpha value is -1.92. The number of furan rings is 1. The maximum atomic E-state index is 12.0. The Morgan fingerprint density at radius 2 is 2.18 bits per heavy atom. The number of nitrogens with zero attached hydrogens (tertiary/aromatic N) is 2. The zero-order chi connectivity index (χ0) is 15.3. The molecule has 0 aromatic carbocycles. The molecule has 0 aliphatic heterocycles. The predicted octanol–water partition coefficient (Wildman–Crippen LogP) is 4.54. The van der Waals surface area contributed by atoms with Gasteiger partial charge < -0.3 is 8.94 Å². The summed E-state index contributed by atoms with van der Waals surface area (Å²) in [5.74, 6) is 2.09. The first-order chi connectivity index (χ1) is 10.6. The van der Waals surface area contributed by atoms with Gasteiger partial charge in [-0.1, -0.05) is 16.8 Å². The summed E-state index contributed by atoms with van der Waals surface area (Å²) >= 11 is 7.30. The number of rotatable bonds is 2. The number of hydrogen-bond donors (Lipinski definition) is 0. The SMILES string of the molecule is Cc1c(-c2nc(-c3ccc(Cl)s3)no2)oc2c1C(=O)CCC2. The van der Waals surface area contributed by atoms with Gasteiger partial charge in [-0.25, -0.2) is 0 Å². The number of aromatic nitrogens is 2. The van der Waals surface area contributed by atoms with Gasteiger partial charge in [-0.3, -0.25) is 4.79 Å². The summed E-state index contributed by atoms with van der Waals surface area (Å²) in [6.45, 7) is 1.85. The highest BCUT2D eigenvalue weighted by Gasteiger charge is 2.29. The van der Waals surface area contributed by atoms with E-state index in [9.17, 15) is 4.79 Å². The minimum atomic E-state index is 0.124. The third-order valence-electron chi connectivity index (χ3n) is 3.72. The van der Waals surface area contributed by atoms with Crippen molar-refractivity contribution in [2.75, 3.05) is 0 Å². The molecule has 1 aliphatic carbocycles. The van der Waals surface area contributed by atoms with Gasteiger partial charge in [0.2, 0.25) is 5.82 Å². The first-order valence-electron chi connectivity index (χ1n) is 6.88. The molecule has 1 aliphatic rings. The maximum Gasteiger partial charge on any atom is 0.294 e. The molecule has 4 rings (SSSR count). The van der Waals surface area contributed by atoms with E-state index >= 15 is 0 Å². The van der Waals surface area contributed by atoms with Crippen molar-refractivity contribution in [2.45, 2.75) is 26.2 Å². The van der Waals surface area contributed by atoms with Gasteiger partial charge in [0.05, 0.1) is 14.8 Å². The third-order valence-corrected chi connectivity index (χ3v) is 4.95. The second kappa shape index (κ2) is 5.07. The van der Waals surface area contributed by atoms with Crippen LogP contribution in [0.25, 0.3) is 22.4 Å². The van der Waals surface area contributed by atoms with Crippen LogP contribution in [0.5, 0.6) is 0 Å². The zero-order valence-corrected chi connectivity index (χ0v) is 13.3. The summed E-state index contributed by atoms with van der Waals surface area (Å²) < 4.78 is 11.8. The standard InChI is InChI=1S/C15H11ClN2O3S/c1-7-12-8(19)3-2-4-9(12)20-13(7)15-17-14(18-21-15)10-5-6-11(16)22-10/h5-6H,2-4H2,1H3. The summed E-state index contributed by atoms with van der Waals surface area (Å²) in [7, 11) is 0. The number of ketones is 1. The largest absolute Gasteiger partial charge is 0.455 e. The molecule has 3 aromatic heterocycles. The molecular formula is C15H11ClN2O3S. The van der Waals surface area contributed by atoms with Gasteiger partial charge in [0.25, 0.3) is 5.89 Å². The first kappa shape index (κ1) is 13.7. The van der Waals surface area contributed by atoms with Crippen molar-refractivity contribution >= 4 is 28.7 Å². The zero-order valence-electron chi connectivity index (χ0n) is 11.7. The highest BCUT2D eigenvalue weighted by atomic mass is 35.5. The topological polar surface area (TPSA) is 69.1 Å². The molecule has 5 nitrogen and oxygen atoms in total. The van der Waals surface area contributed by atoms with Crippen molar-refractivity contribution in [2.24, 2.45) is 0 Å². The molecule has 0 fully saturated rings. The van der Waals surface area contributed by atoms with Crippen LogP contribution in [0, 0.1) is 6.92 Å². The molecule has 0 radical (unpaired) electrons. The van der Waals surface area contributed by atoms with Gasteiger partial charge in [-0.2, -0.15) is 4.98 Å². The second-order valence-electron chi connectivity index (χ2n) is 5.16. The minimum absolute atomic E-state index is 0.124. The van der Waals surface area contributed by atoms with Gasteiger partial charge in [0.1, 0.15) is 5.76 Å². The van der Waals surface area contributed by atoms with Crippen LogP contribution in [-0.4, -0.2) is 15.9 Å². The van der Waals surface area contributed by atoms with Crippen LogP contribution in [0.2, 0.25) is 4.34 Å². The number of carbonyl (C=O) groups excluding carboxylic acids is 1. The Kier molecular flexibility index (Phi) is 3.16. The summed E-state index contributed by atoms with van der Waals surface area (Å²) in [6, 6.07) is 3.62. The second-order valence-corrected chi connectivity index (χ2v) is 6.87. The Balaban J connectivity index is 1.77. The molecule has 0 bridgehead atoms. The number of thiophene rings is 1. The number of fused-ring (bicyclic) bond motifs is 1. The quantitative estimate of drug-likeness (QED) is 0.688. The molecule has 0 saturated heterocycles. The van der Waals surface area contributed by atoms with E-state index in [1.165, 1.54) is 11.3 Å². The fourth-order valence-electron chi connectivity index (χ4n) is 2.70. The van der Waals surface area contributed by atoms with Crippen molar-refractivity contribution in [3.63, 3.8) is 0 Å². The van der Waals surface area contributed by atoms with E-state index in [-0.39, 0.29) is 5.78 Å². The average Bonchev–Trinajstić information content (AvgIpc) is 3.18. The van der Waals surface area contributed by atoms with Crippen LogP contribution in [0.15, 0.2) is 21.1 Å². The van der Waals surface area contributed by atoms with E-state index in [1.54, 1.807) is 6.07 Å². The average molecular weight is 335 g/mol. The van der Waals surface area contributed by atoms with Gasteiger partial charge in [-0.15, -0.1) is 11.3 Å². The number of carbonyl (C=O) groups is 1. The molecule has 0 spiro atoms. The highest BCUT2D eigenvalue weighted by molar-refractivity contribution is 7.19. The third kappa shape index (κ3) is 2.10. The molecule has 0 saturated carbocycles. The molecule has 3 aromatic rings. The van der Waals surface area contributed by atoms with Crippen molar-refractivity contribution in [1.29, 1.82) is 0 Å². The fourth-order valence-corrected chi connectivity index (χ4v) is 3.67. The van der Waals surface area contributed by atoms with Crippen molar-refractivity contribution in [1.82, 2.24) is 10.1 Å². The van der Waals surface area contributed by atoms with Crippen molar-refractivity contribution in [3.05, 3.63) is 33.4 Å². The Morgan fingerprint density at radius 3 is 2.91 bits per heavy atom. The molecule has 7 heteroatoms. The van der Waals surface area contributed by atoms with Crippen molar-refractivity contribution in [3.8, 4) is 22.4 Å². The van der Waals surface area contributed by atoms with Gasteiger partial charge in [0, 0.05) is 18.4 Å². The molecule has 0 atom stereocenters. The molecule has 0 N–H and O–H groups in total. The van der Waals surface area contributed by atoms with Crippen LogP contribution in [0.4, 0.5) is 0 Å². The van der Waals surface area contributed by atoms with E-state index < -0.39 is 0 Å². The van der Waals surface area contributed by atoms with Crippen LogP contribution in [0.1, 0.15) is 34.5 Å². The first-order valence-corrected chi connectivity index (χ1v) is 8.08. The smallest absolute Gasteiger partial charge is 0.294 e. The number of aryl methyl sites for hydroxylation is 1. The lowest BCUT2D eigenvalue weighted by Crippen LogP contribution is -2.09. The Morgan fingerprint density at radius 1 is 1.32 bits per heavy atom. The van der Waals surface area contributed by atoms with E-state index in [4.69, 9.17) is 20.5 Å². The number of halogens is 1. The summed E-state index contributed by atoms with van der Waals surface area (Å²) in [5, 5.41) is 3.96. The lowest BCUT2D eigenvalue weighted by atomic mass is 9.94. The predicted molar refractivity (Wildman–Crippen MR) is 82.3 cm³/mol. The van der Waals surface area contributed by atoms with Crippen LogP contribution >= 0.6 is 22.9 Å². The van der Waals surface area contributed by atoms with Gasteiger partial charge >= 0.3 is 0 Å². The Bertz CT molecular complexity index is 877. The monoisotopic (exact) mass is 334 g/mol. The Labute approximate surface area is 134 Å². The normalized spacial score (nSPS) is 14.4. The molecule has 0 unspecified atom stereocenters. The molecular weight excluding hydrogens is 324 g/mol. The van der Waals surface area contributed by atoms with E-state index in [0.717, 1.165) is 29.0 Å². The lowest BCUT2D eigenvalue weighted by molar-refractivity contribution is 0.0969. The number of hydrogen-bond acceptors (Lipinski definition) is 6. The van der Waals surface area contributed by atoms with E-state index in [0.29, 0.717) is 33.8 Å². The van der Waals surface area contributed by atoms with Gasteiger partial charge in [-0.05, 0) is 25.5 Å². The summed E-state index contributed by atoms with van der Waals surface area (Å²) in [4.78, 5) is 17.2. The fraction of sp³-hybridized carbons (Fsp3) is 0.267. The van der Waals surface area contributed by atoms with Crippen LogP contribution in [-0.2, 0) is 6.42 Å². The molecule has 22 heavy (non-hydrogen) atoms. The molecule has 3 heterocycles. The molecule has 112 valence electrons. The number of Topliss-reactive ketones (excluding diaryl/α,β-unsaturated/α-hetero) is 1. The summed E-state index contributed by atoms with van der Waals surface area (Å²) in [6.07, 6.45) is 2.15. The molecule has 0 amide bonds. The van der Waals surface area contributed by atoms with Crippen LogP contribution < -0.4 is 0 Å². The van der Waals surface area contributed by atoms with E-state index in [1.807, 2.05) is 13.0 Å². The maximum absolute atomic E-state index is 12.0. The van der Waals surface area contributed by atoms with Gasteiger partial charge in [0.15, 0.2) is 11.5 Å². The lowest BCUT2D eigenvalue weighted by Gasteiger charge is -2.07. The summed E-state index contributed by atoms with van der Waals surface area (Å²) in [5.41, 5.74) is 1.46. The van der Waals surface area contributed by atoms with Crippen LogP contribution in [0.3, 0.4) is 0 Å². The van der Waals surface area contributed by atoms with E-state index in [2.05, 4.69) is 10.1 Å². The minimum Gasteiger partial charge on any atom is -0.455 e.